The Morgan fingerprint density at radius 3 is 3.00 bits per heavy atom. The van der Waals surface area contributed by atoms with Gasteiger partial charge in [0.2, 0.25) is 0 Å². The van der Waals surface area contributed by atoms with E-state index in [4.69, 9.17) is 0 Å². The van der Waals surface area contributed by atoms with Crippen molar-refractivity contribution in [3.63, 3.8) is 0 Å². The lowest BCUT2D eigenvalue weighted by Gasteiger charge is -2.33. The summed E-state index contributed by atoms with van der Waals surface area (Å²) in [6.45, 7) is 3.91. The van der Waals surface area contributed by atoms with Gasteiger partial charge in [0.15, 0.2) is 5.82 Å². The van der Waals surface area contributed by atoms with Crippen LogP contribution in [-0.2, 0) is 6.54 Å². The lowest BCUT2D eigenvalue weighted by Crippen LogP contribution is -2.39. The maximum atomic E-state index is 14.0. The second-order valence-corrected chi connectivity index (χ2v) is 8.29. The monoisotopic (exact) mass is 397 g/mol. The number of pyridine rings is 2. The fourth-order valence-electron chi connectivity index (χ4n) is 3.52. The van der Waals surface area contributed by atoms with Gasteiger partial charge in [0.25, 0.3) is 0 Å². The summed E-state index contributed by atoms with van der Waals surface area (Å²) < 4.78 is 19.6. The van der Waals surface area contributed by atoms with Crippen molar-refractivity contribution >= 4 is 44.3 Å². The van der Waals surface area contributed by atoms with Gasteiger partial charge in [-0.1, -0.05) is 0 Å². The Morgan fingerprint density at radius 1 is 1.29 bits per heavy atom. The molecule has 9 heteroatoms. The second-order valence-electron chi connectivity index (χ2n) is 7.49. The molecule has 1 fully saturated rings. The zero-order valence-corrected chi connectivity index (χ0v) is 16.3. The molecule has 1 aliphatic heterocycles. The van der Waals surface area contributed by atoms with Crippen LogP contribution in [0.15, 0.2) is 30.6 Å². The molecule has 28 heavy (non-hydrogen) atoms. The van der Waals surface area contributed by atoms with Crippen LogP contribution in [0.4, 0.5) is 15.9 Å². The van der Waals surface area contributed by atoms with E-state index >= 15 is 0 Å². The predicted molar refractivity (Wildman–Crippen MR) is 109 cm³/mol. The summed E-state index contributed by atoms with van der Waals surface area (Å²) in [5.41, 5.74) is 3.34. The summed E-state index contributed by atoms with van der Waals surface area (Å²) in [6.07, 6.45) is 4.68. The Kier molecular flexibility index (Phi) is 4.21. The number of aromatic amines is 1. The van der Waals surface area contributed by atoms with E-state index < -0.39 is 5.67 Å². The molecule has 5 rings (SSSR count). The number of anilines is 2. The van der Waals surface area contributed by atoms with E-state index in [1.165, 1.54) is 11.5 Å². The number of alkyl halides is 1. The molecule has 5 heterocycles. The SMILES string of the molecule is CC1(F)CCN(Cc2nsc3cc(Nc4n[nH]c5cccnc45)cnc23)CC1. The molecule has 1 saturated heterocycles. The van der Waals surface area contributed by atoms with Gasteiger partial charge in [-0.2, -0.15) is 9.47 Å². The summed E-state index contributed by atoms with van der Waals surface area (Å²) in [5.74, 6) is 0.670. The summed E-state index contributed by atoms with van der Waals surface area (Å²) in [5, 5.41) is 10.5. The van der Waals surface area contributed by atoms with Gasteiger partial charge < -0.3 is 5.32 Å². The maximum Gasteiger partial charge on any atom is 0.178 e. The molecule has 1 aliphatic rings. The Bertz CT molecular complexity index is 1130. The number of aromatic nitrogens is 5. The third kappa shape index (κ3) is 3.31. The van der Waals surface area contributed by atoms with Crippen molar-refractivity contribution in [3.8, 4) is 0 Å². The van der Waals surface area contributed by atoms with Crippen molar-refractivity contribution in [1.29, 1.82) is 0 Å². The van der Waals surface area contributed by atoms with Gasteiger partial charge in [-0.05, 0) is 49.5 Å². The van der Waals surface area contributed by atoms with Gasteiger partial charge >= 0.3 is 0 Å². The quantitative estimate of drug-likeness (QED) is 0.541. The van der Waals surface area contributed by atoms with E-state index in [2.05, 4.69) is 34.8 Å². The average Bonchev–Trinajstić information content (AvgIpc) is 3.28. The molecule has 0 unspecified atom stereocenters. The number of H-pyrrole nitrogens is 1. The molecule has 144 valence electrons. The van der Waals surface area contributed by atoms with Gasteiger partial charge in [-0.3, -0.25) is 20.0 Å². The van der Waals surface area contributed by atoms with Crippen LogP contribution in [0.25, 0.3) is 21.3 Å². The van der Waals surface area contributed by atoms with Gasteiger partial charge in [0.1, 0.15) is 16.7 Å². The first-order valence-electron chi connectivity index (χ1n) is 9.29. The van der Waals surface area contributed by atoms with Crippen molar-refractivity contribution in [2.45, 2.75) is 32.0 Å². The standard InChI is InChI=1S/C19H20FN7S/c1-19(20)4-7-27(8-5-19)11-14-16-15(28-26-14)9-12(10-22-16)23-18-17-13(24-25-18)3-2-6-21-17/h2-3,6,9-10H,4-5,7-8,11H2,1H3,(H2,23,24,25). The molecule has 0 saturated carbocycles. The molecular weight excluding hydrogens is 377 g/mol. The molecular formula is C19H20FN7S. The number of rotatable bonds is 4. The second kappa shape index (κ2) is 6.75. The summed E-state index contributed by atoms with van der Waals surface area (Å²) in [7, 11) is 0. The molecule has 0 radical (unpaired) electrons. The minimum Gasteiger partial charge on any atom is -0.336 e. The molecule has 7 nitrogen and oxygen atoms in total. The van der Waals surface area contributed by atoms with E-state index in [1.54, 1.807) is 19.3 Å². The molecule has 4 aromatic rings. The van der Waals surface area contributed by atoms with E-state index in [-0.39, 0.29) is 0 Å². The van der Waals surface area contributed by atoms with Crippen LogP contribution in [0.1, 0.15) is 25.5 Å². The highest BCUT2D eigenvalue weighted by atomic mass is 32.1. The highest BCUT2D eigenvalue weighted by Crippen LogP contribution is 2.30. The van der Waals surface area contributed by atoms with Gasteiger partial charge in [0.05, 0.1) is 27.8 Å². The molecule has 0 bridgehead atoms. The van der Waals surface area contributed by atoms with Crippen LogP contribution in [-0.4, -0.2) is 48.2 Å². The van der Waals surface area contributed by atoms with Gasteiger partial charge in [0, 0.05) is 25.8 Å². The highest BCUT2D eigenvalue weighted by Gasteiger charge is 2.29. The van der Waals surface area contributed by atoms with Crippen molar-refractivity contribution < 1.29 is 4.39 Å². The number of piperidine rings is 1. The van der Waals surface area contributed by atoms with Crippen molar-refractivity contribution in [2.24, 2.45) is 0 Å². The van der Waals surface area contributed by atoms with Crippen molar-refractivity contribution in [3.05, 3.63) is 36.3 Å². The van der Waals surface area contributed by atoms with Gasteiger partial charge in [-0.25, -0.2) is 4.39 Å². The van der Waals surface area contributed by atoms with E-state index in [0.29, 0.717) is 25.2 Å². The molecule has 0 amide bonds. The largest absolute Gasteiger partial charge is 0.336 e. The Balaban J connectivity index is 1.35. The van der Waals surface area contributed by atoms with Crippen molar-refractivity contribution in [2.75, 3.05) is 18.4 Å². The van der Waals surface area contributed by atoms with Crippen LogP contribution >= 0.6 is 11.5 Å². The first-order chi connectivity index (χ1) is 13.6. The Hall–Kier alpha value is -2.65. The third-order valence-electron chi connectivity index (χ3n) is 5.24. The molecule has 4 aromatic heterocycles. The first kappa shape index (κ1) is 17.4. The third-order valence-corrected chi connectivity index (χ3v) is 6.05. The topological polar surface area (TPSA) is 82.6 Å². The number of hydrogen-bond acceptors (Lipinski definition) is 7. The number of nitrogens with zero attached hydrogens (tertiary/aromatic N) is 5. The number of hydrogen-bond donors (Lipinski definition) is 2. The van der Waals surface area contributed by atoms with Crippen LogP contribution < -0.4 is 5.32 Å². The van der Waals surface area contributed by atoms with E-state index in [1.807, 2.05) is 18.2 Å². The number of halogens is 1. The van der Waals surface area contributed by atoms with Crippen LogP contribution in [0, 0.1) is 0 Å². The van der Waals surface area contributed by atoms with Crippen molar-refractivity contribution in [1.82, 2.24) is 29.4 Å². The molecule has 0 aliphatic carbocycles. The lowest BCUT2D eigenvalue weighted by atomic mass is 9.96. The minimum atomic E-state index is -1.04. The summed E-state index contributed by atoms with van der Waals surface area (Å²) in [4.78, 5) is 11.2. The zero-order valence-electron chi connectivity index (χ0n) is 15.4. The fourth-order valence-corrected chi connectivity index (χ4v) is 4.31. The van der Waals surface area contributed by atoms with Crippen LogP contribution in [0.5, 0.6) is 0 Å². The highest BCUT2D eigenvalue weighted by molar-refractivity contribution is 7.13. The van der Waals surface area contributed by atoms with E-state index in [9.17, 15) is 4.39 Å². The lowest BCUT2D eigenvalue weighted by molar-refractivity contribution is 0.0702. The molecule has 0 spiro atoms. The average molecular weight is 397 g/mol. The van der Waals surface area contributed by atoms with Crippen LogP contribution in [0.3, 0.4) is 0 Å². The van der Waals surface area contributed by atoms with Crippen LogP contribution in [0.2, 0.25) is 0 Å². The normalized spacial score (nSPS) is 17.4. The Morgan fingerprint density at radius 2 is 2.14 bits per heavy atom. The fraction of sp³-hybridized carbons (Fsp3) is 0.368. The number of fused-ring (bicyclic) bond motifs is 2. The minimum absolute atomic E-state index is 0.572. The predicted octanol–water partition coefficient (Wildman–Crippen LogP) is 4.03. The number of nitrogens with one attached hydrogen (secondary N) is 2. The zero-order chi connectivity index (χ0) is 19.1. The van der Waals surface area contributed by atoms with E-state index in [0.717, 1.165) is 45.7 Å². The molecule has 2 N–H and O–H groups in total. The molecule has 0 aromatic carbocycles. The summed E-state index contributed by atoms with van der Waals surface area (Å²) >= 11 is 1.44. The molecule has 0 atom stereocenters. The first-order valence-corrected chi connectivity index (χ1v) is 10.1. The smallest absolute Gasteiger partial charge is 0.178 e. The Labute approximate surface area is 165 Å². The van der Waals surface area contributed by atoms with Gasteiger partial charge in [-0.15, -0.1) is 0 Å². The maximum absolute atomic E-state index is 14.0. The summed E-state index contributed by atoms with van der Waals surface area (Å²) in [6, 6.07) is 5.83. The number of likely N-dealkylation sites (tertiary alicyclic amines) is 1.